The maximum absolute atomic E-state index is 12.0. The van der Waals surface area contributed by atoms with Gasteiger partial charge in [0.1, 0.15) is 6.04 Å². The third-order valence-corrected chi connectivity index (χ3v) is 4.03. The molecule has 3 N–H and O–H groups in total. The van der Waals surface area contributed by atoms with Crippen molar-refractivity contribution in [1.82, 2.24) is 15.1 Å². The number of amides is 3. The minimum Gasteiger partial charge on any atom is -0.368 e. The van der Waals surface area contributed by atoms with Crippen LogP contribution in [0.4, 0.5) is 0 Å². The standard InChI is InChI=1S/C17H30N4O3/c1-6-13(7-2)16(17(18)24)19-14(22)9-10-15(23)21(5)12-11-20(4)8-3/h1,13,16H,7-12H2,2-5H3,(H2,18,24)(H,19,22)/t13?,16-/m0/s1. The molecular formula is C17H30N4O3. The van der Waals surface area contributed by atoms with Crippen molar-refractivity contribution in [2.45, 2.75) is 39.2 Å². The molecule has 0 saturated carbocycles. The maximum Gasteiger partial charge on any atom is 0.241 e. The van der Waals surface area contributed by atoms with Crippen LogP contribution in [0.2, 0.25) is 0 Å². The fourth-order valence-electron chi connectivity index (χ4n) is 2.08. The number of nitrogens with one attached hydrogen (secondary N) is 1. The molecule has 0 radical (unpaired) electrons. The third-order valence-electron chi connectivity index (χ3n) is 4.03. The Labute approximate surface area is 144 Å². The first-order valence-corrected chi connectivity index (χ1v) is 8.24. The summed E-state index contributed by atoms with van der Waals surface area (Å²) in [5, 5.41) is 2.54. The second-order valence-electron chi connectivity index (χ2n) is 5.84. The molecule has 3 amide bonds. The molecule has 0 heterocycles. The van der Waals surface area contributed by atoms with Crippen molar-refractivity contribution in [3.05, 3.63) is 0 Å². The van der Waals surface area contributed by atoms with Gasteiger partial charge in [-0.1, -0.05) is 13.8 Å². The van der Waals surface area contributed by atoms with Crippen molar-refractivity contribution >= 4 is 17.7 Å². The van der Waals surface area contributed by atoms with Crippen LogP contribution in [0.25, 0.3) is 0 Å². The lowest BCUT2D eigenvalue weighted by atomic mass is 9.97. The van der Waals surface area contributed by atoms with Gasteiger partial charge in [-0.05, 0) is 20.0 Å². The number of primary amides is 1. The first-order chi connectivity index (χ1) is 11.3. The number of nitrogens with zero attached hydrogens (tertiary/aromatic N) is 2. The molecular weight excluding hydrogens is 308 g/mol. The van der Waals surface area contributed by atoms with E-state index in [4.69, 9.17) is 12.2 Å². The number of terminal acetylenes is 1. The maximum atomic E-state index is 12.0. The van der Waals surface area contributed by atoms with Gasteiger partial charge in [-0.3, -0.25) is 14.4 Å². The molecule has 0 fully saturated rings. The summed E-state index contributed by atoms with van der Waals surface area (Å²) in [5.74, 6) is 0.823. The van der Waals surface area contributed by atoms with Crippen LogP contribution in [0, 0.1) is 18.3 Å². The largest absolute Gasteiger partial charge is 0.368 e. The van der Waals surface area contributed by atoms with Gasteiger partial charge < -0.3 is 20.9 Å². The Morgan fingerprint density at radius 1 is 1.17 bits per heavy atom. The number of likely N-dealkylation sites (N-methyl/N-ethyl adjacent to an activating group) is 2. The number of rotatable bonds is 11. The molecule has 0 aromatic carbocycles. The first kappa shape index (κ1) is 21.9. The predicted molar refractivity (Wildman–Crippen MR) is 93.8 cm³/mol. The zero-order valence-electron chi connectivity index (χ0n) is 15.2. The van der Waals surface area contributed by atoms with E-state index in [2.05, 4.69) is 16.1 Å². The Bertz CT molecular complexity index is 473. The van der Waals surface area contributed by atoms with Crippen molar-refractivity contribution in [1.29, 1.82) is 0 Å². The van der Waals surface area contributed by atoms with Gasteiger partial charge in [0.2, 0.25) is 17.7 Å². The van der Waals surface area contributed by atoms with E-state index >= 15 is 0 Å². The minimum absolute atomic E-state index is 0.00240. The summed E-state index contributed by atoms with van der Waals surface area (Å²) in [6.45, 7) is 6.14. The summed E-state index contributed by atoms with van der Waals surface area (Å²) in [6.07, 6.45) is 5.96. The van der Waals surface area contributed by atoms with Gasteiger partial charge in [-0.15, -0.1) is 12.3 Å². The van der Waals surface area contributed by atoms with Crippen LogP contribution in [-0.2, 0) is 14.4 Å². The van der Waals surface area contributed by atoms with Crippen LogP contribution >= 0.6 is 0 Å². The summed E-state index contributed by atoms with van der Waals surface area (Å²) in [7, 11) is 3.69. The van der Waals surface area contributed by atoms with Gasteiger partial charge in [-0.2, -0.15) is 0 Å². The molecule has 0 aromatic heterocycles. The molecule has 0 bridgehead atoms. The average molecular weight is 338 g/mol. The van der Waals surface area contributed by atoms with Crippen molar-refractivity contribution in [3.63, 3.8) is 0 Å². The number of hydrogen-bond acceptors (Lipinski definition) is 4. The molecule has 0 aliphatic carbocycles. The average Bonchev–Trinajstić information content (AvgIpc) is 2.56. The summed E-state index contributed by atoms with van der Waals surface area (Å²) in [4.78, 5) is 39.1. The fourth-order valence-corrected chi connectivity index (χ4v) is 2.08. The number of carbonyl (C=O) groups is 3. The van der Waals surface area contributed by atoms with Crippen LogP contribution in [0.15, 0.2) is 0 Å². The van der Waals surface area contributed by atoms with Crippen LogP contribution in [0.1, 0.15) is 33.1 Å². The lowest BCUT2D eigenvalue weighted by molar-refractivity contribution is -0.133. The van der Waals surface area contributed by atoms with E-state index in [1.165, 1.54) is 0 Å². The monoisotopic (exact) mass is 338 g/mol. The zero-order valence-corrected chi connectivity index (χ0v) is 15.2. The molecule has 2 atom stereocenters. The minimum atomic E-state index is -0.904. The van der Waals surface area contributed by atoms with Gasteiger partial charge in [0, 0.05) is 38.9 Å². The van der Waals surface area contributed by atoms with E-state index in [-0.39, 0.29) is 18.7 Å². The lowest BCUT2D eigenvalue weighted by Gasteiger charge is -2.22. The normalized spacial score (nSPS) is 13.0. The first-order valence-electron chi connectivity index (χ1n) is 8.24. The predicted octanol–water partition coefficient (Wildman–Crippen LogP) is -0.194. The van der Waals surface area contributed by atoms with E-state index < -0.39 is 23.8 Å². The van der Waals surface area contributed by atoms with Crippen molar-refractivity contribution in [2.75, 3.05) is 33.7 Å². The molecule has 136 valence electrons. The third kappa shape index (κ3) is 7.97. The van der Waals surface area contributed by atoms with Crippen molar-refractivity contribution < 1.29 is 14.4 Å². The Morgan fingerprint density at radius 2 is 1.79 bits per heavy atom. The summed E-state index contributed by atoms with van der Waals surface area (Å²) in [5.41, 5.74) is 5.29. The highest BCUT2D eigenvalue weighted by Crippen LogP contribution is 2.08. The summed E-state index contributed by atoms with van der Waals surface area (Å²) < 4.78 is 0. The van der Waals surface area contributed by atoms with Crippen molar-refractivity contribution in [3.8, 4) is 12.3 Å². The Kier molecular flexibility index (Phi) is 10.5. The molecule has 0 rings (SSSR count). The van der Waals surface area contributed by atoms with Crippen molar-refractivity contribution in [2.24, 2.45) is 11.7 Å². The molecule has 0 aliphatic heterocycles. The van der Waals surface area contributed by atoms with Gasteiger partial charge in [0.05, 0.1) is 0 Å². The SMILES string of the molecule is C#CC(CC)[C@H](NC(=O)CCC(=O)N(C)CCN(C)CC)C(N)=O. The number of hydrogen-bond donors (Lipinski definition) is 2. The fraction of sp³-hybridized carbons (Fsp3) is 0.706. The van der Waals surface area contributed by atoms with Crippen LogP contribution in [0.5, 0.6) is 0 Å². The molecule has 7 heteroatoms. The molecule has 0 spiro atoms. The molecule has 0 aromatic rings. The summed E-state index contributed by atoms with van der Waals surface area (Å²) in [6, 6.07) is -0.904. The summed E-state index contributed by atoms with van der Waals surface area (Å²) >= 11 is 0. The molecule has 7 nitrogen and oxygen atoms in total. The molecule has 24 heavy (non-hydrogen) atoms. The zero-order chi connectivity index (χ0) is 18.7. The van der Waals surface area contributed by atoms with Gasteiger partial charge in [0.25, 0.3) is 0 Å². The number of nitrogens with two attached hydrogens (primary N) is 1. The van der Waals surface area contributed by atoms with E-state index in [9.17, 15) is 14.4 Å². The van der Waals surface area contributed by atoms with Crippen LogP contribution in [-0.4, -0.2) is 67.3 Å². The van der Waals surface area contributed by atoms with Gasteiger partial charge in [0.15, 0.2) is 0 Å². The second kappa shape index (κ2) is 11.5. The highest BCUT2D eigenvalue weighted by molar-refractivity contribution is 5.89. The molecule has 0 saturated heterocycles. The van der Waals surface area contributed by atoms with E-state index in [1.807, 2.05) is 20.9 Å². The quantitative estimate of drug-likeness (QED) is 0.510. The topological polar surface area (TPSA) is 95.7 Å². The van der Waals surface area contributed by atoms with E-state index in [1.54, 1.807) is 11.9 Å². The highest BCUT2D eigenvalue weighted by atomic mass is 16.2. The second-order valence-corrected chi connectivity index (χ2v) is 5.84. The Morgan fingerprint density at radius 3 is 2.25 bits per heavy atom. The van der Waals surface area contributed by atoms with E-state index in [0.717, 1.165) is 13.1 Å². The van der Waals surface area contributed by atoms with Gasteiger partial charge >= 0.3 is 0 Å². The smallest absolute Gasteiger partial charge is 0.241 e. The Balaban J connectivity index is 4.39. The molecule has 0 aliphatic rings. The Hall–Kier alpha value is -2.07. The van der Waals surface area contributed by atoms with Crippen LogP contribution < -0.4 is 11.1 Å². The van der Waals surface area contributed by atoms with Gasteiger partial charge in [-0.25, -0.2) is 0 Å². The highest BCUT2D eigenvalue weighted by Gasteiger charge is 2.25. The lowest BCUT2D eigenvalue weighted by Crippen LogP contribution is -2.48. The van der Waals surface area contributed by atoms with E-state index in [0.29, 0.717) is 13.0 Å². The van der Waals surface area contributed by atoms with Crippen LogP contribution in [0.3, 0.4) is 0 Å². The number of carbonyl (C=O) groups excluding carboxylic acids is 3. The molecule has 1 unspecified atom stereocenters.